The minimum atomic E-state index is 0.498. The molecule has 1 heterocycles. The number of nitrogens with zero attached hydrogens (tertiary/aromatic N) is 3. The van der Waals surface area contributed by atoms with Crippen LogP contribution in [0.2, 0.25) is 0 Å². The number of hydrogen-bond acceptors (Lipinski definition) is 4. The molecule has 2 rings (SSSR count). The smallest absolute Gasteiger partial charge is 0.129 e. The molecule has 1 aromatic carbocycles. The molecule has 0 aliphatic carbocycles. The number of nitrogen functional groups attached to an aromatic ring is 1. The van der Waals surface area contributed by atoms with Crippen LogP contribution in [0.25, 0.3) is 10.9 Å². The van der Waals surface area contributed by atoms with Gasteiger partial charge >= 0.3 is 0 Å². The van der Waals surface area contributed by atoms with Crippen LogP contribution in [-0.2, 0) is 0 Å². The number of anilines is 2. The maximum atomic E-state index is 8.55. The fourth-order valence-corrected chi connectivity index (χ4v) is 1.68. The summed E-state index contributed by atoms with van der Waals surface area (Å²) >= 11 is 0. The molecule has 0 bridgehead atoms. The van der Waals surface area contributed by atoms with Gasteiger partial charge < -0.3 is 10.6 Å². The van der Waals surface area contributed by atoms with Crippen molar-refractivity contribution in [2.75, 3.05) is 24.2 Å². The maximum absolute atomic E-state index is 8.55. The van der Waals surface area contributed by atoms with E-state index >= 15 is 0 Å². The van der Waals surface area contributed by atoms with Crippen molar-refractivity contribution in [3.63, 3.8) is 0 Å². The molecule has 2 aromatic rings. The standard InChI is InChI=1S/C13H14N4/c1-17(8-2-7-14)13-6-3-10-9-11(15)4-5-12(10)16-13/h3-6,9H,2,8,15H2,1H3. The summed E-state index contributed by atoms with van der Waals surface area (Å²) in [6.45, 7) is 0.685. The average molecular weight is 226 g/mol. The molecule has 0 atom stereocenters. The minimum Gasteiger partial charge on any atom is -0.399 e. The van der Waals surface area contributed by atoms with Gasteiger partial charge in [0.15, 0.2) is 0 Å². The number of nitriles is 1. The Morgan fingerprint density at radius 2 is 2.18 bits per heavy atom. The van der Waals surface area contributed by atoms with Crippen LogP contribution in [0.1, 0.15) is 6.42 Å². The van der Waals surface area contributed by atoms with E-state index in [-0.39, 0.29) is 0 Å². The first kappa shape index (κ1) is 11.2. The van der Waals surface area contributed by atoms with E-state index in [0.717, 1.165) is 22.4 Å². The van der Waals surface area contributed by atoms with Crippen LogP contribution >= 0.6 is 0 Å². The van der Waals surface area contributed by atoms with Crippen LogP contribution in [-0.4, -0.2) is 18.6 Å². The van der Waals surface area contributed by atoms with E-state index in [1.807, 2.05) is 42.3 Å². The summed E-state index contributed by atoms with van der Waals surface area (Å²) in [5, 5.41) is 9.58. The molecule has 2 N–H and O–H groups in total. The number of fused-ring (bicyclic) bond motifs is 1. The molecule has 4 nitrogen and oxygen atoms in total. The van der Waals surface area contributed by atoms with Crippen LogP contribution in [0.15, 0.2) is 30.3 Å². The first-order valence-corrected chi connectivity index (χ1v) is 5.45. The summed E-state index contributed by atoms with van der Waals surface area (Å²) in [5.41, 5.74) is 7.37. The Labute approximate surface area is 100 Å². The number of rotatable bonds is 3. The van der Waals surface area contributed by atoms with Gasteiger partial charge in [-0.1, -0.05) is 0 Å². The second-order valence-electron chi connectivity index (χ2n) is 3.95. The molecule has 1 aromatic heterocycles. The van der Waals surface area contributed by atoms with Crippen LogP contribution in [0.5, 0.6) is 0 Å². The Morgan fingerprint density at radius 3 is 2.94 bits per heavy atom. The van der Waals surface area contributed by atoms with Crippen LogP contribution < -0.4 is 10.6 Å². The summed E-state index contributed by atoms with van der Waals surface area (Å²) in [6.07, 6.45) is 0.498. The highest BCUT2D eigenvalue weighted by Crippen LogP contribution is 2.19. The van der Waals surface area contributed by atoms with Gasteiger partial charge in [-0.2, -0.15) is 5.26 Å². The lowest BCUT2D eigenvalue weighted by molar-refractivity contribution is 0.889. The first-order chi connectivity index (χ1) is 8.20. The van der Waals surface area contributed by atoms with Crippen molar-refractivity contribution in [2.45, 2.75) is 6.42 Å². The molecule has 0 aliphatic heterocycles. The normalized spacial score (nSPS) is 10.1. The van der Waals surface area contributed by atoms with Gasteiger partial charge in [0.25, 0.3) is 0 Å². The van der Waals surface area contributed by atoms with Crippen molar-refractivity contribution in [2.24, 2.45) is 0 Å². The van der Waals surface area contributed by atoms with Crippen molar-refractivity contribution in [3.8, 4) is 6.07 Å². The third-order valence-corrected chi connectivity index (χ3v) is 2.65. The van der Waals surface area contributed by atoms with Crippen molar-refractivity contribution in [1.29, 1.82) is 5.26 Å². The molecule has 86 valence electrons. The molecule has 0 saturated carbocycles. The molecular weight excluding hydrogens is 212 g/mol. The summed E-state index contributed by atoms with van der Waals surface area (Å²) < 4.78 is 0. The third-order valence-electron chi connectivity index (χ3n) is 2.65. The molecule has 0 aliphatic rings. The molecule has 0 radical (unpaired) electrons. The Kier molecular flexibility index (Phi) is 3.10. The second-order valence-corrected chi connectivity index (χ2v) is 3.95. The number of nitrogens with two attached hydrogens (primary N) is 1. The number of hydrogen-bond donors (Lipinski definition) is 1. The Morgan fingerprint density at radius 1 is 1.35 bits per heavy atom. The Hall–Kier alpha value is -2.28. The average Bonchev–Trinajstić information content (AvgIpc) is 2.35. The van der Waals surface area contributed by atoms with Gasteiger partial charge in [0.1, 0.15) is 5.82 Å². The lowest BCUT2D eigenvalue weighted by atomic mass is 10.2. The zero-order valence-corrected chi connectivity index (χ0v) is 9.72. The van der Waals surface area contributed by atoms with Crippen molar-refractivity contribution in [1.82, 2.24) is 4.98 Å². The summed E-state index contributed by atoms with van der Waals surface area (Å²) in [6, 6.07) is 11.7. The fraction of sp³-hybridized carbons (Fsp3) is 0.231. The minimum absolute atomic E-state index is 0.498. The number of aromatic nitrogens is 1. The third kappa shape index (κ3) is 2.45. The van der Waals surface area contributed by atoms with Gasteiger partial charge in [-0.15, -0.1) is 0 Å². The maximum Gasteiger partial charge on any atom is 0.129 e. The summed E-state index contributed by atoms with van der Waals surface area (Å²) in [5.74, 6) is 0.873. The highest BCUT2D eigenvalue weighted by atomic mass is 15.2. The molecule has 17 heavy (non-hydrogen) atoms. The Bertz CT molecular complexity index is 571. The zero-order valence-electron chi connectivity index (χ0n) is 9.72. The predicted molar refractivity (Wildman–Crippen MR) is 69.7 cm³/mol. The van der Waals surface area contributed by atoms with E-state index in [1.165, 1.54) is 0 Å². The monoisotopic (exact) mass is 226 g/mol. The van der Waals surface area contributed by atoms with Crippen LogP contribution in [0.4, 0.5) is 11.5 Å². The predicted octanol–water partition coefficient (Wildman–Crippen LogP) is 2.17. The topological polar surface area (TPSA) is 65.9 Å². The van der Waals surface area contributed by atoms with E-state index < -0.39 is 0 Å². The number of benzene rings is 1. The number of pyridine rings is 1. The molecular formula is C13H14N4. The highest BCUT2D eigenvalue weighted by Gasteiger charge is 2.03. The van der Waals surface area contributed by atoms with Gasteiger partial charge in [0.05, 0.1) is 18.0 Å². The summed E-state index contributed by atoms with van der Waals surface area (Å²) in [4.78, 5) is 6.50. The van der Waals surface area contributed by atoms with Crippen LogP contribution in [0, 0.1) is 11.3 Å². The zero-order chi connectivity index (χ0) is 12.3. The molecule has 0 saturated heterocycles. The van der Waals surface area contributed by atoms with E-state index in [4.69, 9.17) is 11.0 Å². The molecule has 0 amide bonds. The quantitative estimate of drug-likeness (QED) is 0.814. The van der Waals surface area contributed by atoms with Crippen LogP contribution in [0.3, 0.4) is 0 Å². The lowest BCUT2D eigenvalue weighted by Crippen LogP contribution is -2.19. The van der Waals surface area contributed by atoms with Gasteiger partial charge in [-0.05, 0) is 30.3 Å². The van der Waals surface area contributed by atoms with E-state index in [9.17, 15) is 0 Å². The highest BCUT2D eigenvalue weighted by molar-refractivity contribution is 5.83. The molecule has 0 fully saturated rings. The largest absolute Gasteiger partial charge is 0.399 e. The van der Waals surface area contributed by atoms with E-state index in [1.54, 1.807) is 0 Å². The second kappa shape index (κ2) is 4.71. The van der Waals surface area contributed by atoms with Crippen molar-refractivity contribution >= 4 is 22.4 Å². The van der Waals surface area contributed by atoms with E-state index in [2.05, 4.69) is 11.1 Å². The van der Waals surface area contributed by atoms with Crippen molar-refractivity contribution in [3.05, 3.63) is 30.3 Å². The first-order valence-electron chi connectivity index (χ1n) is 5.45. The molecule has 4 heteroatoms. The molecule has 0 spiro atoms. The lowest BCUT2D eigenvalue weighted by Gasteiger charge is -2.16. The van der Waals surface area contributed by atoms with E-state index in [0.29, 0.717) is 13.0 Å². The van der Waals surface area contributed by atoms with Gasteiger partial charge in [-0.25, -0.2) is 4.98 Å². The van der Waals surface area contributed by atoms with Gasteiger partial charge in [0, 0.05) is 24.7 Å². The van der Waals surface area contributed by atoms with Gasteiger partial charge in [0.2, 0.25) is 0 Å². The SMILES string of the molecule is CN(CCC#N)c1ccc2cc(N)ccc2n1. The van der Waals surface area contributed by atoms with Crippen molar-refractivity contribution < 1.29 is 0 Å². The molecule has 0 unspecified atom stereocenters. The summed E-state index contributed by atoms with van der Waals surface area (Å²) in [7, 11) is 1.93. The van der Waals surface area contributed by atoms with Gasteiger partial charge in [-0.3, -0.25) is 0 Å². The Balaban J connectivity index is 2.32. The fourth-order valence-electron chi connectivity index (χ4n) is 1.68.